The Balaban J connectivity index is 1.90. The number of benzene rings is 1. The summed E-state index contributed by atoms with van der Waals surface area (Å²) in [6, 6.07) is 8.73. The molecule has 1 saturated heterocycles. The van der Waals surface area contributed by atoms with Gasteiger partial charge in [0.1, 0.15) is 6.10 Å². The third kappa shape index (κ3) is 4.76. The number of fused-ring (bicyclic) bond motifs is 3. The normalized spacial score (nSPS) is 26.0. The second-order valence-electron chi connectivity index (χ2n) is 10.4. The molecule has 9 nitrogen and oxygen atoms in total. The fourth-order valence-corrected chi connectivity index (χ4v) is 8.99. The van der Waals surface area contributed by atoms with Gasteiger partial charge in [0.25, 0.3) is 11.8 Å². The molecule has 5 rings (SSSR count). The number of hydrogen-bond donors (Lipinski definition) is 1. The van der Waals surface area contributed by atoms with Gasteiger partial charge >= 0.3 is 5.97 Å². The Bertz CT molecular complexity index is 1500. The lowest BCUT2D eigenvalue weighted by atomic mass is 9.72. The summed E-state index contributed by atoms with van der Waals surface area (Å²) >= 11 is 0. The standard InChI is InChI=1S/C32H33NO8Si/c1-5-42(6-2,7-3)41-31-17-13-9-8-10-16-25(34)27(24(31)20-26(35)38-4)28(32(21-31)39-18-19-40-32)33-29(36)22-14-11-12-15-23(22)30(33)37/h8-9,11-12,14-15,20,25,34H,5-7,18-19,21H2,1-4H3/b9-8-,24-20+/t25-,31+/m1/s1. The minimum absolute atomic E-state index is 0.00800. The lowest BCUT2D eigenvalue weighted by Gasteiger charge is -2.50. The van der Waals surface area contributed by atoms with Gasteiger partial charge in [-0.05, 0) is 42.4 Å². The Morgan fingerprint density at radius 2 is 1.67 bits per heavy atom. The van der Waals surface area contributed by atoms with E-state index in [1.807, 2.05) is 0 Å². The Labute approximate surface area is 246 Å². The lowest BCUT2D eigenvalue weighted by Crippen LogP contribution is -2.59. The van der Waals surface area contributed by atoms with Gasteiger partial charge in [0.05, 0.1) is 43.6 Å². The van der Waals surface area contributed by atoms with Crippen LogP contribution in [-0.2, 0) is 23.4 Å². The van der Waals surface area contributed by atoms with Crippen LogP contribution in [0.3, 0.4) is 0 Å². The van der Waals surface area contributed by atoms with Crippen LogP contribution in [0, 0.1) is 23.7 Å². The fraction of sp³-hybridized carbons (Fsp3) is 0.406. The molecule has 2 aliphatic carbocycles. The number of ether oxygens (including phenoxy) is 3. The first kappa shape index (κ1) is 29.7. The molecule has 1 aromatic rings. The third-order valence-corrected chi connectivity index (χ3v) is 13.0. The quantitative estimate of drug-likeness (QED) is 0.170. The van der Waals surface area contributed by atoms with Gasteiger partial charge in [-0.3, -0.25) is 9.59 Å². The number of methoxy groups -OCH3 is 1. The van der Waals surface area contributed by atoms with Crippen LogP contribution in [0.15, 0.2) is 59.3 Å². The molecule has 0 saturated carbocycles. The SMILES string of the molecule is CC[Si](CC)(CC)O[C@@]12C#C/C=C\C#C[C@@H](O)C(=C(N3C(=O)c4ccccc4C3=O)C3(C1)OCCO3)/C2=C\C(=O)OC. The maximum absolute atomic E-state index is 13.9. The summed E-state index contributed by atoms with van der Waals surface area (Å²) in [7, 11) is -1.27. The molecule has 1 aromatic carbocycles. The van der Waals surface area contributed by atoms with Gasteiger partial charge in [0.2, 0.25) is 5.79 Å². The molecule has 2 amide bonds. The molecule has 1 spiro atoms. The van der Waals surface area contributed by atoms with Crippen LogP contribution in [0.4, 0.5) is 0 Å². The predicted molar refractivity (Wildman–Crippen MR) is 155 cm³/mol. The summed E-state index contributed by atoms with van der Waals surface area (Å²) in [5.41, 5.74) is -1.02. The molecular weight excluding hydrogens is 554 g/mol. The van der Waals surface area contributed by atoms with E-state index in [4.69, 9.17) is 18.6 Å². The number of imide groups is 1. The molecule has 42 heavy (non-hydrogen) atoms. The summed E-state index contributed by atoms with van der Waals surface area (Å²) in [5.74, 6) is 8.10. The van der Waals surface area contributed by atoms with Crippen LogP contribution >= 0.6 is 0 Å². The topological polar surface area (TPSA) is 112 Å². The van der Waals surface area contributed by atoms with Gasteiger partial charge in [0.15, 0.2) is 13.9 Å². The minimum Gasteiger partial charge on any atom is -0.466 e. The van der Waals surface area contributed by atoms with Crippen molar-refractivity contribution in [2.24, 2.45) is 0 Å². The Hall–Kier alpha value is -3.77. The van der Waals surface area contributed by atoms with Crippen molar-refractivity contribution in [3.8, 4) is 23.7 Å². The molecule has 1 N–H and O–H groups in total. The number of carbonyl (C=O) groups excluding carboxylic acids is 3. The molecule has 2 bridgehead atoms. The third-order valence-electron chi connectivity index (χ3n) is 8.40. The van der Waals surface area contributed by atoms with Crippen molar-refractivity contribution in [3.05, 3.63) is 70.5 Å². The van der Waals surface area contributed by atoms with Gasteiger partial charge in [-0.15, -0.1) is 0 Å². The largest absolute Gasteiger partial charge is 0.466 e. The summed E-state index contributed by atoms with van der Waals surface area (Å²) in [6.07, 6.45) is 2.56. The molecule has 0 aromatic heterocycles. The highest BCUT2D eigenvalue weighted by atomic mass is 28.4. The maximum Gasteiger partial charge on any atom is 0.330 e. The van der Waals surface area contributed by atoms with Gasteiger partial charge in [-0.1, -0.05) is 56.6 Å². The minimum atomic E-state index is -2.51. The maximum atomic E-state index is 13.9. The zero-order chi connectivity index (χ0) is 30.1. The Kier molecular flexibility index (Phi) is 8.12. The number of nitrogens with zero attached hydrogens (tertiary/aromatic N) is 1. The number of allylic oxidation sites excluding steroid dienone is 2. The average molecular weight is 588 g/mol. The molecule has 4 aliphatic rings. The molecule has 2 heterocycles. The summed E-state index contributed by atoms with van der Waals surface area (Å²) in [4.78, 5) is 41.7. The van der Waals surface area contributed by atoms with Crippen molar-refractivity contribution < 1.29 is 38.1 Å². The molecular formula is C32H33NO8Si. The van der Waals surface area contributed by atoms with E-state index in [0.29, 0.717) is 0 Å². The van der Waals surface area contributed by atoms with Crippen LogP contribution < -0.4 is 0 Å². The molecule has 1 fully saturated rings. The summed E-state index contributed by atoms with van der Waals surface area (Å²) in [5, 5.41) is 11.7. The first-order valence-corrected chi connectivity index (χ1v) is 16.6. The van der Waals surface area contributed by atoms with Crippen molar-refractivity contribution in [2.75, 3.05) is 20.3 Å². The molecule has 218 valence electrons. The Morgan fingerprint density at radius 1 is 1.07 bits per heavy atom. The second-order valence-corrected chi connectivity index (χ2v) is 15.1. The number of aliphatic hydroxyl groups is 1. The highest BCUT2D eigenvalue weighted by Gasteiger charge is 2.62. The van der Waals surface area contributed by atoms with Crippen LogP contribution in [0.25, 0.3) is 0 Å². The smallest absolute Gasteiger partial charge is 0.330 e. The molecule has 2 atom stereocenters. The van der Waals surface area contributed by atoms with Crippen molar-refractivity contribution in [1.29, 1.82) is 0 Å². The molecule has 10 heteroatoms. The zero-order valence-electron chi connectivity index (χ0n) is 24.1. The summed E-state index contributed by atoms with van der Waals surface area (Å²) < 4.78 is 24.8. The van der Waals surface area contributed by atoms with Crippen LogP contribution in [0.5, 0.6) is 0 Å². The number of esters is 1. The Morgan fingerprint density at radius 3 is 2.24 bits per heavy atom. The van der Waals surface area contributed by atoms with Gasteiger partial charge < -0.3 is 23.7 Å². The monoisotopic (exact) mass is 587 g/mol. The number of hydrogen-bond acceptors (Lipinski definition) is 8. The van der Waals surface area contributed by atoms with E-state index in [2.05, 4.69) is 44.5 Å². The summed E-state index contributed by atoms with van der Waals surface area (Å²) in [6.45, 7) is 6.50. The molecule has 0 unspecified atom stereocenters. The van der Waals surface area contributed by atoms with Gasteiger partial charge in [-0.2, -0.15) is 0 Å². The fourth-order valence-electron chi connectivity index (χ4n) is 6.09. The van der Waals surface area contributed by atoms with Crippen molar-refractivity contribution in [2.45, 2.75) is 62.8 Å². The van der Waals surface area contributed by atoms with E-state index in [1.165, 1.54) is 19.3 Å². The van der Waals surface area contributed by atoms with E-state index in [0.717, 1.165) is 23.0 Å². The molecule has 0 radical (unpaired) electrons. The highest BCUT2D eigenvalue weighted by Crippen LogP contribution is 2.53. The number of rotatable bonds is 7. The number of amides is 2. The average Bonchev–Trinajstić information content (AvgIpc) is 3.56. The van der Waals surface area contributed by atoms with E-state index >= 15 is 0 Å². The van der Waals surface area contributed by atoms with Gasteiger partial charge in [0, 0.05) is 17.2 Å². The van der Waals surface area contributed by atoms with E-state index in [1.54, 1.807) is 30.3 Å². The van der Waals surface area contributed by atoms with E-state index in [-0.39, 0.29) is 47.6 Å². The number of aliphatic hydroxyl groups excluding tert-OH is 1. The first-order chi connectivity index (χ1) is 20.2. The van der Waals surface area contributed by atoms with Crippen molar-refractivity contribution in [1.82, 2.24) is 4.90 Å². The van der Waals surface area contributed by atoms with E-state index < -0.39 is 43.6 Å². The predicted octanol–water partition coefficient (Wildman–Crippen LogP) is 3.48. The van der Waals surface area contributed by atoms with Crippen molar-refractivity contribution >= 4 is 26.1 Å². The van der Waals surface area contributed by atoms with Crippen molar-refractivity contribution in [3.63, 3.8) is 0 Å². The highest BCUT2D eigenvalue weighted by molar-refractivity contribution is 6.73. The lowest BCUT2D eigenvalue weighted by molar-refractivity contribution is -0.166. The van der Waals surface area contributed by atoms with Crippen LogP contribution in [-0.4, -0.2) is 73.9 Å². The van der Waals surface area contributed by atoms with Crippen LogP contribution in [0.1, 0.15) is 47.9 Å². The first-order valence-electron chi connectivity index (χ1n) is 14.1. The second kappa shape index (κ2) is 11.5. The zero-order valence-corrected chi connectivity index (χ0v) is 25.1. The van der Waals surface area contributed by atoms with Gasteiger partial charge in [-0.25, -0.2) is 9.69 Å². The van der Waals surface area contributed by atoms with Crippen LogP contribution in [0.2, 0.25) is 18.1 Å². The van der Waals surface area contributed by atoms with E-state index in [9.17, 15) is 19.5 Å². The molecule has 2 aliphatic heterocycles. The number of carbonyl (C=O) groups is 3.